The van der Waals surface area contributed by atoms with Crippen molar-refractivity contribution in [2.75, 3.05) is 18.0 Å². The lowest BCUT2D eigenvalue weighted by Gasteiger charge is -2.27. The van der Waals surface area contributed by atoms with Crippen LogP contribution in [0.15, 0.2) is 34.2 Å². The molecule has 1 aliphatic heterocycles. The average Bonchev–Trinajstić information content (AvgIpc) is 3.11. The second kappa shape index (κ2) is 4.80. The van der Waals surface area contributed by atoms with Crippen molar-refractivity contribution in [3.8, 4) is 11.3 Å². The molecule has 0 aromatic carbocycles. The third kappa shape index (κ3) is 1.92. The summed E-state index contributed by atoms with van der Waals surface area (Å²) in [5.74, 6) is 1.54. The fourth-order valence-corrected chi connectivity index (χ4v) is 3.82. The zero-order chi connectivity index (χ0) is 16.3. The lowest BCUT2D eigenvalue weighted by atomic mass is 9.77. The molecular weight excluding hydrogens is 308 g/mol. The lowest BCUT2D eigenvalue weighted by molar-refractivity contribution is 0.243. The molecule has 1 saturated carbocycles. The summed E-state index contributed by atoms with van der Waals surface area (Å²) in [5.41, 5.74) is 1.67. The van der Waals surface area contributed by atoms with E-state index in [1.54, 1.807) is 16.9 Å². The SMILES string of the molecule is O=c1[nH]cc(-c2cc(N3CC4CCC4C3)c3nccn3n2)c(=O)[nH]1. The molecule has 2 fully saturated rings. The number of rotatable bonds is 2. The number of aromatic nitrogens is 5. The maximum Gasteiger partial charge on any atom is 0.325 e. The van der Waals surface area contributed by atoms with E-state index < -0.39 is 11.2 Å². The highest BCUT2D eigenvalue weighted by Gasteiger charge is 2.40. The van der Waals surface area contributed by atoms with Gasteiger partial charge in [-0.1, -0.05) is 0 Å². The van der Waals surface area contributed by atoms with Gasteiger partial charge in [-0.25, -0.2) is 14.3 Å². The fourth-order valence-electron chi connectivity index (χ4n) is 3.82. The van der Waals surface area contributed by atoms with Crippen molar-refractivity contribution >= 4 is 11.3 Å². The normalized spacial score (nSPS) is 22.6. The molecule has 24 heavy (non-hydrogen) atoms. The van der Waals surface area contributed by atoms with Crippen molar-refractivity contribution < 1.29 is 0 Å². The summed E-state index contributed by atoms with van der Waals surface area (Å²) in [6, 6.07) is 1.90. The zero-order valence-corrected chi connectivity index (χ0v) is 12.9. The molecule has 1 aliphatic carbocycles. The van der Waals surface area contributed by atoms with E-state index in [0.717, 1.165) is 36.3 Å². The van der Waals surface area contributed by atoms with Crippen LogP contribution in [-0.4, -0.2) is 37.7 Å². The third-order valence-corrected chi connectivity index (χ3v) is 5.26. The maximum atomic E-state index is 12.1. The number of nitrogens with one attached hydrogen (secondary N) is 2. The standard InChI is InChI=1S/C16H16N6O2/c23-15-11(6-18-16(24)19-15)12-5-13(14-17-3-4-22(14)20-12)21-7-9-1-2-10(9)8-21/h3-6,9-10H,1-2,7-8H2,(H2,18,19,23,24). The van der Waals surface area contributed by atoms with Gasteiger partial charge in [0.05, 0.1) is 11.3 Å². The molecule has 0 amide bonds. The van der Waals surface area contributed by atoms with Crippen LogP contribution in [0.5, 0.6) is 0 Å². The van der Waals surface area contributed by atoms with E-state index in [-0.39, 0.29) is 0 Å². The molecule has 1 saturated heterocycles. The smallest absolute Gasteiger partial charge is 0.325 e. The molecule has 3 aromatic heterocycles. The molecule has 0 spiro atoms. The minimum absolute atomic E-state index is 0.341. The number of aromatic amines is 2. The zero-order valence-electron chi connectivity index (χ0n) is 12.9. The van der Waals surface area contributed by atoms with Gasteiger partial charge in [0.2, 0.25) is 0 Å². The predicted molar refractivity (Wildman–Crippen MR) is 88.1 cm³/mol. The van der Waals surface area contributed by atoms with Crippen LogP contribution in [0.2, 0.25) is 0 Å². The summed E-state index contributed by atoms with van der Waals surface area (Å²) in [7, 11) is 0. The maximum absolute atomic E-state index is 12.1. The van der Waals surface area contributed by atoms with Crippen molar-refractivity contribution in [3.05, 3.63) is 45.5 Å². The predicted octanol–water partition coefficient (Wildman–Crippen LogP) is 0.619. The number of H-pyrrole nitrogens is 2. The molecule has 0 radical (unpaired) electrons. The first kappa shape index (κ1) is 13.5. The molecule has 122 valence electrons. The highest BCUT2D eigenvalue weighted by Crippen LogP contribution is 2.42. The molecule has 4 heterocycles. The van der Waals surface area contributed by atoms with Gasteiger partial charge < -0.3 is 9.88 Å². The Morgan fingerprint density at radius 1 is 1.17 bits per heavy atom. The van der Waals surface area contributed by atoms with Gasteiger partial charge in [0.25, 0.3) is 5.56 Å². The van der Waals surface area contributed by atoms with E-state index in [0.29, 0.717) is 11.3 Å². The van der Waals surface area contributed by atoms with E-state index in [1.165, 1.54) is 19.0 Å². The second-order valence-electron chi connectivity index (χ2n) is 6.60. The van der Waals surface area contributed by atoms with Crippen LogP contribution in [0.3, 0.4) is 0 Å². The number of hydrogen-bond donors (Lipinski definition) is 2. The van der Waals surface area contributed by atoms with Crippen molar-refractivity contribution in [2.24, 2.45) is 11.8 Å². The van der Waals surface area contributed by atoms with Crippen LogP contribution in [0.25, 0.3) is 16.9 Å². The lowest BCUT2D eigenvalue weighted by Crippen LogP contribution is -2.24. The first-order valence-corrected chi connectivity index (χ1v) is 8.11. The highest BCUT2D eigenvalue weighted by molar-refractivity contribution is 5.74. The van der Waals surface area contributed by atoms with Gasteiger partial charge in [0, 0.05) is 31.7 Å². The van der Waals surface area contributed by atoms with E-state index in [1.807, 2.05) is 6.07 Å². The Balaban J connectivity index is 1.68. The summed E-state index contributed by atoms with van der Waals surface area (Å²) in [6.45, 7) is 2.05. The summed E-state index contributed by atoms with van der Waals surface area (Å²) in [5, 5.41) is 4.47. The Hall–Kier alpha value is -2.90. The Morgan fingerprint density at radius 2 is 1.96 bits per heavy atom. The Labute approximate surface area is 136 Å². The highest BCUT2D eigenvalue weighted by atomic mass is 16.2. The summed E-state index contributed by atoms with van der Waals surface area (Å²) >= 11 is 0. The van der Waals surface area contributed by atoms with E-state index in [4.69, 9.17) is 0 Å². The molecule has 2 N–H and O–H groups in total. The number of hydrogen-bond acceptors (Lipinski definition) is 5. The van der Waals surface area contributed by atoms with Crippen LogP contribution >= 0.6 is 0 Å². The van der Waals surface area contributed by atoms with Crippen molar-refractivity contribution in [3.63, 3.8) is 0 Å². The molecule has 8 nitrogen and oxygen atoms in total. The summed E-state index contributed by atoms with van der Waals surface area (Å²) < 4.78 is 1.69. The van der Waals surface area contributed by atoms with E-state index in [2.05, 4.69) is 25.0 Å². The molecule has 8 heteroatoms. The second-order valence-corrected chi connectivity index (χ2v) is 6.60. The molecule has 3 aromatic rings. The Kier molecular flexibility index (Phi) is 2.70. The molecule has 2 unspecified atom stereocenters. The van der Waals surface area contributed by atoms with Crippen molar-refractivity contribution in [1.82, 2.24) is 24.6 Å². The summed E-state index contributed by atoms with van der Waals surface area (Å²) in [4.78, 5) is 34.9. The molecular formula is C16H16N6O2. The number of anilines is 1. The van der Waals surface area contributed by atoms with Crippen LogP contribution in [-0.2, 0) is 0 Å². The fraction of sp³-hybridized carbons (Fsp3) is 0.375. The van der Waals surface area contributed by atoms with E-state index in [9.17, 15) is 9.59 Å². The first-order valence-electron chi connectivity index (χ1n) is 8.11. The number of nitrogens with zero attached hydrogens (tertiary/aromatic N) is 4. The van der Waals surface area contributed by atoms with Crippen molar-refractivity contribution in [2.45, 2.75) is 12.8 Å². The van der Waals surface area contributed by atoms with Gasteiger partial charge in [0.15, 0.2) is 5.65 Å². The largest absolute Gasteiger partial charge is 0.368 e. The van der Waals surface area contributed by atoms with Crippen molar-refractivity contribution in [1.29, 1.82) is 0 Å². The van der Waals surface area contributed by atoms with Crippen LogP contribution in [0, 0.1) is 11.8 Å². The van der Waals surface area contributed by atoms with Crippen LogP contribution < -0.4 is 16.1 Å². The third-order valence-electron chi connectivity index (χ3n) is 5.26. The Morgan fingerprint density at radius 3 is 2.67 bits per heavy atom. The number of imidazole rings is 1. The molecule has 2 aliphatic rings. The monoisotopic (exact) mass is 324 g/mol. The topological polar surface area (TPSA) is 99.2 Å². The molecule has 2 atom stereocenters. The average molecular weight is 324 g/mol. The van der Waals surface area contributed by atoms with Gasteiger partial charge in [-0.15, -0.1) is 0 Å². The summed E-state index contributed by atoms with van der Waals surface area (Å²) in [6.07, 6.45) is 7.47. The molecule has 0 bridgehead atoms. The van der Waals surface area contributed by atoms with Gasteiger partial charge in [-0.05, 0) is 30.7 Å². The first-order chi connectivity index (χ1) is 11.7. The molecule has 5 rings (SSSR count). The quantitative estimate of drug-likeness (QED) is 0.720. The van der Waals surface area contributed by atoms with Gasteiger partial charge in [-0.3, -0.25) is 9.78 Å². The van der Waals surface area contributed by atoms with E-state index >= 15 is 0 Å². The van der Waals surface area contributed by atoms with Gasteiger partial charge in [0.1, 0.15) is 5.69 Å². The minimum atomic E-state index is -0.524. The van der Waals surface area contributed by atoms with Crippen LogP contribution in [0.4, 0.5) is 5.69 Å². The number of fused-ring (bicyclic) bond motifs is 2. The minimum Gasteiger partial charge on any atom is -0.368 e. The Bertz CT molecular complexity index is 1040. The van der Waals surface area contributed by atoms with Crippen LogP contribution in [0.1, 0.15) is 12.8 Å². The van der Waals surface area contributed by atoms with Gasteiger partial charge >= 0.3 is 5.69 Å². The van der Waals surface area contributed by atoms with Gasteiger partial charge in [-0.2, -0.15) is 5.10 Å².